The first-order valence-electron chi connectivity index (χ1n) is 14.5. The van der Waals surface area contributed by atoms with Crippen molar-refractivity contribution < 1.29 is 22.7 Å². The van der Waals surface area contributed by atoms with Crippen LogP contribution in [0.1, 0.15) is 52.5 Å². The number of nitrogens with one attached hydrogen (secondary N) is 3. The molecule has 2 heterocycles. The highest BCUT2D eigenvalue weighted by Gasteiger charge is 2.31. The average molecular weight is 642 g/mol. The first kappa shape index (κ1) is 30.2. The number of thiophene rings is 1. The van der Waals surface area contributed by atoms with Gasteiger partial charge in [0, 0.05) is 17.5 Å². The Morgan fingerprint density at radius 3 is 2.27 bits per heavy atom. The van der Waals surface area contributed by atoms with E-state index in [9.17, 15) is 18.0 Å². The summed E-state index contributed by atoms with van der Waals surface area (Å²) in [5.74, 6) is -0.260. The number of fused-ring (bicyclic) bond motifs is 2. The number of hydrogen-bond donors (Lipinski definition) is 3. The Morgan fingerprint density at radius 1 is 0.933 bits per heavy atom. The van der Waals surface area contributed by atoms with E-state index in [1.54, 1.807) is 25.1 Å². The molecule has 1 unspecified atom stereocenters. The summed E-state index contributed by atoms with van der Waals surface area (Å²) in [6.45, 7) is 3.36. The van der Waals surface area contributed by atoms with Crippen LogP contribution in [0, 0.1) is 0 Å². The maximum Gasteiger partial charge on any atom is 0.341 e. The van der Waals surface area contributed by atoms with Crippen LogP contribution in [0.3, 0.4) is 0 Å². The minimum atomic E-state index is -4.11. The molecule has 3 aromatic carbocycles. The molecule has 0 radical (unpaired) electrons. The molecule has 1 aliphatic carbocycles. The van der Waals surface area contributed by atoms with Crippen molar-refractivity contribution in [3.8, 4) is 0 Å². The van der Waals surface area contributed by atoms with E-state index in [2.05, 4.69) is 32.5 Å². The SMILES string of the molecule is CCOC(=O)c1c(Nc2nc3ccccc3nc2NS(=O)(=O)c2ccc(NC(C)=O)cc2)sc2c1CCC(c1ccccc1)C2. The molecule has 0 aliphatic heterocycles. The molecule has 0 spiro atoms. The lowest BCUT2D eigenvalue weighted by Crippen LogP contribution is -2.17. The molecule has 3 N–H and O–H groups in total. The summed E-state index contributed by atoms with van der Waals surface area (Å²) < 4.78 is 35.0. The Labute approximate surface area is 264 Å². The second-order valence-corrected chi connectivity index (χ2v) is 13.4. The molecule has 2 aromatic heterocycles. The van der Waals surface area contributed by atoms with Gasteiger partial charge in [-0.05, 0) is 79.6 Å². The lowest BCUT2D eigenvalue weighted by atomic mass is 9.83. The normalized spacial score (nSPS) is 14.4. The number of carbonyl (C=O) groups is 2. The first-order chi connectivity index (χ1) is 21.7. The van der Waals surface area contributed by atoms with E-state index in [0.29, 0.717) is 39.6 Å². The minimum Gasteiger partial charge on any atom is -0.462 e. The molecule has 6 rings (SSSR count). The molecule has 0 saturated carbocycles. The molecule has 0 fully saturated rings. The van der Waals surface area contributed by atoms with E-state index in [1.807, 2.05) is 24.3 Å². The van der Waals surface area contributed by atoms with E-state index in [4.69, 9.17) is 9.72 Å². The number of esters is 1. The number of ether oxygens (including phenoxy) is 1. The van der Waals surface area contributed by atoms with Gasteiger partial charge in [0.1, 0.15) is 5.00 Å². The molecule has 1 aliphatic rings. The molecule has 10 nitrogen and oxygen atoms in total. The van der Waals surface area contributed by atoms with Gasteiger partial charge in [0.15, 0.2) is 11.6 Å². The third kappa shape index (κ3) is 6.52. The van der Waals surface area contributed by atoms with Gasteiger partial charge in [0.25, 0.3) is 10.0 Å². The van der Waals surface area contributed by atoms with Crippen LogP contribution in [0.4, 0.5) is 22.3 Å². The number of nitrogens with zero attached hydrogens (tertiary/aromatic N) is 2. The number of aromatic nitrogens is 2. The average Bonchev–Trinajstić information content (AvgIpc) is 3.39. The number of hydrogen-bond acceptors (Lipinski definition) is 9. The summed E-state index contributed by atoms with van der Waals surface area (Å²) in [5.41, 5.74) is 4.15. The maximum absolute atomic E-state index is 13.5. The van der Waals surface area contributed by atoms with Crippen molar-refractivity contribution in [1.82, 2.24) is 9.97 Å². The summed E-state index contributed by atoms with van der Waals surface area (Å²) in [6.07, 6.45) is 2.37. The lowest BCUT2D eigenvalue weighted by Gasteiger charge is -2.23. The predicted octanol–water partition coefficient (Wildman–Crippen LogP) is 6.64. The fraction of sp³-hybridized carbons (Fsp3) is 0.212. The Kier molecular flexibility index (Phi) is 8.50. The van der Waals surface area contributed by atoms with E-state index < -0.39 is 16.0 Å². The number of amides is 1. The van der Waals surface area contributed by atoms with Crippen LogP contribution < -0.4 is 15.4 Å². The number of sulfonamides is 1. The van der Waals surface area contributed by atoms with E-state index in [-0.39, 0.29) is 29.0 Å². The third-order valence-electron chi connectivity index (χ3n) is 7.53. The number of rotatable bonds is 9. The standard InChI is InChI=1S/C33H31N5O5S2/c1-3-43-33(40)29-25-18-13-22(21-9-5-4-6-10-21)19-28(25)44-32(29)37-30-31(36-27-12-8-7-11-26(27)35-30)38-45(41,42)24-16-14-23(15-17-24)34-20(2)39/h4-12,14-17,22H,3,13,18-19H2,1-2H3,(H,34,39)(H,35,37)(H,36,38). The Morgan fingerprint density at radius 2 is 1.60 bits per heavy atom. The molecule has 45 heavy (non-hydrogen) atoms. The van der Waals surface area contributed by atoms with Gasteiger partial charge in [-0.3, -0.25) is 9.52 Å². The van der Waals surface area contributed by atoms with Gasteiger partial charge in [-0.1, -0.05) is 42.5 Å². The Bertz CT molecular complexity index is 1990. The molecule has 230 valence electrons. The quantitative estimate of drug-likeness (QED) is 0.152. The molecule has 0 bridgehead atoms. The number of para-hydroxylation sites is 2. The van der Waals surface area contributed by atoms with Crippen LogP contribution in [0.5, 0.6) is 0 Å². The second-order valence-electron chi connectivity index (χ2n) is 10.6. The van der Waals surface area contributed by atoms with Crippen LogP contribution in [-0.2, 0) is 32.4 Å². The predicted molar refractivity (Wildman–Crippen MR) is 176 cm³/mol. The van der Waals surface area contributed by atoms with E-state index in [0.717, 1.165) is 23.3 Å². The summed E-state index contributed by atoms with van der Waals surface area (Å²) >= 11 is 1.45. The zero-order valence-corrected chi connectivity index (χ0v) is 26.3. The van der Waals surface area contributed by atoms with Crippen LogP contribution in [0.25, 0.3) is 11.0 Å². The van der Waals surface area contributed by atoms with Gasteiger partial charge in [-0.2, -0.15) is 0 Å². The lowest BCUT2D eigenvalue weighted by molar-refractivity contribution is -0.114. The molecular formula is C33H31N5O5S2. The minimum absolute atomic E-state index is 0.0248. The zero-order valence-electron chi connectivity index (χ0n) is 24.7. The van der Waals surface area contributed by atoms with Crippen LogP contribution >= 0.6 is 11.3 Å². The highest BCUT2D eigenvalue weighted by Crippen LogP contribution is 2.44. The molecule has 1 amide bonds. The van der Waals surface area contributed by atoms with E-state index >= 15 is 0 Å². The van der Waals surface area contributed by atoms with Gasteiger partial charge < -0.3 is 15.4 Å². The highest BCUT2D eigenvalue weighted by atomic mass is 32.2. The molecule has 1 atom stereocenters. The summed E-state index contributed by atoms with van der Waals surface area (Å²) in [4.78, 5) is 35.1. The van der Waals surface area contributed by atoms with Crippen molar-refractivity contribution in [2.75, 3.05) is 22.0 Å². The Hall–Kier alpha value is -4.81. The van der Waals surface area contributed by atoms with Gasteiger partial charge in [0.2, 0.25) is 5.91 Å². The second kappa shape index (κ2) is 12.7. The van der Waals surface area contributed by atoms with Gasteiger partial charge >= 0.3 is 5.97 Å². The fourth-order valence-corrected chi connectivity index (χ4v) is 7.80. The van der Waals surface area contributed by atoms with Crippen LogP contribution in [0.2, 0.25) is 0 Å². The third-order valence-corrected chi connectivity index (χ3v) is 10.1. The van der Waals surface area contributed by atoms with Crippen molar-refractivity contribution in [3.63, 3.8) is 0 Å². The first-order valence-corrected chi connectivity index (χ1v) is 16.8. The number of anilines is 4. The summed E-state index contributed by atoms with van der Waals surface area (Å²) in [6, 6.07) is 23.3. The van der Waals surface area contributed by atoms with Crippen molar-refractivity contribution >= 4 is 66.6 Å². The maximum atomic E-state index is 13.5. The molecule has 12 heteroatoms. The van der Waals surface area contributed by atoms with Crippen molar-refractivity contribution in [2.45, 2.75) is 43.9 Å². The van der Waals surface area contributed by atoms with Gasteiger partial charge in [-0.15, -0.1) is 11.3 Å². The zero-order chi connectivity index (χ0) is 31.6. The van der Waals surface area contributed by atoms with Crippen molar-refractivity contribution in [3.05, 3.63) is 100 Å². The number of benzene rings is 3. The molecule has 5 aromatic rings. The highest BCUT2D eigenvalue weighted by molar-refractivity contribution is 7.92. The summed E-state index contributed by atoms with van der Waals surface area (Å²) in [5, 5.41) is 6.41. The topological polar surface area (TPSA) is 139 Å². The van der Waals surface area contributed by atoms with Crippen molar-refractivity contribution in [2.24, 2.45) is 0 Å². The van der Waals surface area contributed by atoms with Crippen LogP contribution in [0.15, 0.2) is 83.8 Å². The van der Waals surface area contributed by atoms with Gasteiger partial charge in [0.05, 0.1) is 28.1 Å². The van der Waals surface area contributed by atoms with Crippen molar-refractivity contribution in [1.29, 1.82) is 0 Å². The summed E-state index contributed by atoms with van der Waals surface area (Å²) in [7, 11) is -4.11. The Balaban J connectivity index is 1.38. The smallest absolute Gasteiger partial charge is 0.341 e. The molecule has 0 saturated heterocycles. The fourth-order valence-electron chi connectivity index (χ4n) is 5.48. The monoisotopic (exact) mass is 641 g/mol. The van der Waals surface area contributed by atoms with Gasteiger partial charge in [-0.25, -0.2) is 23.2 Å². The van der Waals surface area contributed by atoms with E-state index in [1.165, 1.54) is 48.1 Å². The number of carbonyl (C=O) groups excluding carboxylic acids is 2. The van der Waals surface area contributed by atoms with Crippen LogP contribution in [-0.4, -0.2) is 36.9 Å². The molecular weight excluding hydrogens is 611 g/mol. The largest absolute Gasteiger partial charge is 0.462 e.